The second kappa shape index (κ2) is 5.67. The summed E-state index contributed by atoms with van der Waals surface area (Å²) in [5, 5.41) is 14.5. The van der Waals surface area contributed by atoms with Crippen LogP contribution in [-0.2, 0) is 0 Å². The van der Waals surface area contributed by atoms with Crippen LogP contribution in [0.2, 0.25) is 0 Å². The predicted octanol–water partition coefficient (Wildman–Crippen LogP) is 2.78. The van der Waals surface area contributed by atoms with E-state index in [0.29, 0.717) is 11.6 Å². The van der Waals surface area contributed by atoms with Crippen LogP contribution >= 0.6 is 0 Å². The maximum Gasteiger partial charge on any atom is 0.0951 e. The van der Waals surface area contributed by atoms with Crippen molar-refractivity contribution in [2.75, 3.05) is 17.6 Å². The number of nitrogens with zero attached hydrogens (tertiary/aromatic N) is 1. The van der Waals surface area contributed by atoms with Gasteiger partial charge in [0.1, 0.15) is 0 Å². The first-order valence-corrected chi connectivity index (χ1v) is 7.31. The van der Waals surface area contributed by atoms with Crippen molar-refractivity contribution in [1.82, 2.24) is 4.98 Å². The molecular formula is C16H21N3O. The van der Waals surface area contributed by atoms with Gasteiger partial charge in [0, 0.05) is 29.7 Å². The minimum Gasteiger partial charge on any atom is -0.397 e. The Bertz CT molecular complexity index is 599. The molecule has 0 aliphatic heterocycles. The van der Waals surface area contributed by atoms with Crippen LogP contribution < -0.4 is 11.1 Å². The summed E-state index contributed by atoms with van der Waals surface area (Å²) in [5.74, 6) is 0.341. The quantitative estimate of drug-likeness (QED) is 0.751. The highest BCUT2D eigenvalue weighted by Crippen LogP contribution is 2.28. The summed E-state index contributed by atoms with van der Waals surface area (Å²) in [4.78, 5) is 4.34. The van der Waals surface area contributed by atoms with Crippen molar-refractivity contribution in [3.05, 3.63) is 30.5 Å². The molecule has 4 heteroatoms. The first kappa shape index (κ1) is 13.2. The Morgan fingerprint density at radius 1 is 1.25 bits per heavy atom. The molecule has 0 radical (unpaired) electrons. The lowest BCUT2D eigenvalue weighted by Gasteiger charge is -2.28. The van der Waals surface area contributed by atoms with Gasteiger partial charge in [0.05, 0.1) is 17.3 Å². The minimum atomic E-state index is -0.172. The third kappa shape index (κ3) is 2.56. The monoisotopic (exact) mass is 271 g/mol. The van der Waals surface area contributed by atoms with E-state index in [0.717, 1.165) is 42.4 Å². The molecule has 0 saturated heterocycles. The molecule has 1 heterocycles. The molecule has 1 aliphatic carbocycles. The summed E-state index contributed by atoms with van der Waals surface area (Å²) in [6, 6.07) is 7.80. The number of benzene rings is 1. The molecular weight excluding hydrogens is 250 g/mol. The zero-order valence-electron chi connectivity index (χ0n) is 11.5. The number of aromatic nitrogens is 1. The molecule has 3 rings (SSSR count). The molecule has 1 fully saturated rings. The normalized spacial score (nSPS) is 22.9. The van der Waals surface area contributed by atoms with Crippen LogP contribution in [0.25, 0.3) is 10.9 Å². The molecule has 1 aromatic carbocycles. The standard InChI is InChI=1S/C16H21N3O/c17-13-6-3-5-12-14(8-9-18-16(12)13)19-10-11-4-1-2-7-15(11)20/h3,5-6,8-9,11,15,20H,1-2,4,7,10,17H2,(H,18,19). The number of rotatable bonds is 3. The van der Waals surface area contributed by atoms with Crippen LogP contribution in [0.3, 0.4) is 0 Å². The molecule has 2 atom stereocenters. The first-order valence-electron chi connectivity index (χ1n) is 7.31. The fourth-order valence-electron chi connectivity index (χ4n) is 3.02. The van der Waals surface area contributed by atoms with Crippen LogP contribution in [0.5, 0.6) is 0 Å². The van der Waals surface area contributed by atoms with Crippen molar-refractivity contribution in [1.29, 1.82) is 0 Å². The van der Waals surface area contributed by atoms with Gasteiger partial charge in [-0.05, 0) is 25.0 Å². The zero-order valence-corrected chi connectivity index (χ0v) is 11.5. The maximum atomic E-state index is 10.0. The van der Waals surface area contributed by atoms with Crippen molar-refractivity contribution < 1.29 is 5.11 Å². The van der Waals surface area contributed by atoms with Crippen LogP contribution in [0.4, 0.5) is 11.4 Å². The fraction of sp³-hybridized carbons (Fsp3) is 0.438. The van der Waals surface area contributed by atoms with Gasteiger partial charge in [-0.25, -0.2) is 0 Å². The molecule has 0 amide bonds. The Kier molecular flexibility index (Phi) is 3.74. The van der Waals surface area contributed by atoms with Crippen LogP contribution in [0.15, 0.2) is 30.5 Å². The number of anilines is 2. The highest BCUT2D eigenvalue weighted by Gasteiger charge is 2.22. The number of nitrogens with two attached hydrogens (primary N) is 1. The zero-order chi connectivity index (χ0) is 13.9. The van der Waals surface area contributed by atoms with E-state index in [1.807, 2.05) is 24.3 Å². The molecule has 0 spiro atoms. The number of nitrogen functional groups attached to an aromatic ring is 1. The van der Waals surface area contributed by atoms with Crippen LogP contribution in [-0.4, -0.2) is 22.7 Å². The number of nitrogens with one attached hydrogen (secondary N) is 1. The molecule has 106 valence electrons. The Labute approximate surface area is 119 Å². The molecule has 1 aromatic heterocycles. The molecule has 2 unspecified atom stereocenters. The summed E-state index contributed by atoms with van der Waals surface area (Å²) < 4.78 is 0. The van der Waals surface area contributed by atoms with Crippen LogP contribution in [0.1, 0.15) is 25.7 Å². The highest BCUT2D eigenvalue weighted by atomic mass is 16.3. The Morgan fingerprint density at radius 2 is 2.10 bits per heavy atom. The number of para-hydroxylation sites is 1. The Hall–Kier alpha value is -1.81. The van der Waals surface area contributed by atoms with Crippen molar-refractivity contribution in [2.45, 2.75) is 31.8 Å². The summed E-state index contributed by atoms with van der Waals surface area (Å²) in [5.41, 5.74) is 8.53. The number of fused-ring (bicyclic) bond motifs is 1. The lowest BCUT2D eigenvalue weighted by molar-refractivity contribution is 0.0763. The van der Waals surface area contributed by atoms with Crippen molar-refractivity contribution in [3.63, 3.8) is 0 Å². The van der Waals surface area contributed by atoms with E-state index in [2.05, 4.69) is 10.3 Å². The average Bonchev–Trinajstić information content (AvgIpc) is 2.47. The van der Waals surface area contributed by atoms with Gasteiger partial charge in [-0.1, -0.05) is 25.0 Å². The van der Waals surface area contributed by atoms with Crippen molar-refractivity contribution >= 4 is 22.3 Å². The van der Waals surface area contributed by atoms with E-state index in [1.165, 1.54) is 6.42 Å². The number of hydrogen-bond acceptors (Lipinski definition) is 4. The van der Waals surface area contributed by atoms with Gasteiger partial charge >= 0.3 is 0 Å². The molecule has 1 aliphatic rings. The molecule has 20 heavy (non-hydrogen) atoms. The van der Waals surface area contributed by atoms with E-state index >= 15 is 0 Å². The summed E-state index contributed by atoms with van der Waals surface area (Å²) in [6.45, 7) is 0.801. The van der Waals surface area contributed by atoms with E-state index < -0.39 is 0 Å². The fourth-order valence-corrected chi connectivity index (χ4v) is 3.02. The lowest BCUT2D eigenvalue weighted by Crippen LogP contribution is -2.30. The molecule has 1 saturated carbocycles. The molecule has 4 nitrogen and oxygen atoms in total. The number of hydrogen-bond donors (Lipinski definition) is 3. The van der Waals surface area contributed by atoms with E-state index in [9.17, 15) is 5.11 Å². The number of pyridine rings is 1. The van der Waals surface area contributed by atoms with E-state index in [-0.39, 0.29) is 6.10 Å². The smallest absolute Gasteiger partial charge is 0.0951 e. The van der Waals surface area contributed by atoms with Gasteiger partial charge in [-0.3, -0.25) is 4.98 Å². The lowest BCUT2D eigenvalue weighted by atomic mass is 9.86. The third-order valence-corrected chi connectivity index (χ3v) is 4.23. The Morgan fingerprint density at radius 3 is 2.95 bits per heavy atom. The van der Waals surface area contributed by atoms with Gasteiger partial charge in [-0.2, -0.15) is 0 Å². The van der Waals surface area contributed by atoms with Crippen LogP contribution in [0, 0.1) is 5.92 Å². The highest BCUT2D eigenvalue weighted by molar-refractivity contribution is 5.97. The SMILES string of the molecule is Nc1cccc2c(NCC3CCCCC3O)ccnc12. The number of aliphatic hydroxyl groups is 1. The van der Waals surface area contributed by atoms with Gasteiger partial charge in [-0.15, -0.1) is 0 Å². The van der Waals surface area contributed by atoms with Gasteiger partial charge in [0.2, 0.25) is 0 Å². The predicted molar refractivity (Wildman–Crippen MR) is 82.6 cm³/mol. The minimum absolute atomic E-state index is 0.172. The maximum absolute atomic E-state index is 10.0. The number of aliphatic hydroxyl groups excluding tert-OH is 1. The van der Waals surface area contributed by atoms with Gasteiger partial charge in [0.15, 0.2) is 0 Å². The van der Waals surface area contributed by atoms with Gasteiger partial charge in [0.25, 0.3) is 0 Å². The second-order valence-corrected chi connectivity index (χ2v) is 5.59. The summed E-state index contributed by atoms with van der Waals surface area (Å²) >= 11 is 0. The van der Waals surface area contributed by atoms with Crippen molar-refractivity contribution in [2.24, 2.45) is 5.92 Å². The average molecular weight is 271 g/mol. The van der Waals surface area contributed by atoms with Crippen molar-refractivity contribution in [3.8, 4) is 0 Å². The molecule has 4 N–H and O–H groups in total. The summed E-state index contributed by atoms with van der Waals surface area (Å²) in [6.07, 6.45) is 5.99. The Balaban J connectivity index is 1.79. The van der Waals surface area contributed by atoms with Gasteiger partial charge < -0.3 is 16.2 Å². The topological polar surface area (TPSA) is 71.2 Å². The largest absolute Gasteiger partial charge is 0.397 e. The summed E-state index contributed by atoms with van der Waals surface area (Å²) in [7, 11) is 0. The third-order valence-electron chi connectivity index (χ3n) is 4.23. The second-order valence-electron chi connectivity index (χ2n) is 5.59. The first-order chi connectivity index (χ1) is 9.75. The molecule has 0 bridgehead atoms. The molecule has 2 aromatic rings. The van der Waals surface area contributed by atoms with E-state index in [1.54, 1.807) is 6.20 Å². The van der Waals surface area contributed by atoms with E-state index in [4.69, 9.17) is 5.73 Å².